The zero-order chi connectivity index (χ0) is 15.2. The number of carbonyl (C=O) groups excluding carboxylic acids is 3. The summed E-state index contributed by atoms with van der Waals surface area (Å²) in [5, 5.41) is 7.68. The molecule has 0 aromatic rings. The van der Waals surface area contributed by atoms with Crippen LogP contribution in [0.2, 0.25) is 0 Å². The van der Waals surface area contributed by atoms with Crippen molar-refractivity contribution in [3.8, 4) is 0 Å². The summed E-state index contributed by atoms with van der Waals surface area (Å²) in [7, 11) is 1.33. The van der Waals surface area contributed by atoms with Crippen molar-refractivity contribution in [2.24, 2.45) is 5.73 Å². The van der Waals surface area contributed by atoms with Gasteiger partial charge in [-0.2, -0.15) is 0 Å². The molecule has 0 saturated heterocycles. The van der Waals surface area contributed by atoms with Gasteiger partial charge in [-0.15, -0.1) is 0 Å². The standard InChI is InChI=1S/C12H24N4O4/c1-20-12(19)15-7-5-3-2-4-6-14-11(18)9-16-10(17)8-13/h2-9,13H2,1H3,(H,14,18)(H,15,19)(H,16,17). The molecule has 5 N–H and O–H groups in total. The Kier molecular flexibility index (Phi) is 11.1. The minimum absolute atomic E-state index is 0.0426. The van der Waals surface area contributed by atoms with Crippen LogP contribution < -0.4 is 21.7 Å². The molecule has 0 aromatic heterocycles. The number of nitrogens with one attached hydrogen (secondary N) is 3. The fourth-order valence-corrected chi connectivity index (χ4v) is 1.41. The molecule has 20 heavy (non-hydrogen) atoms. The van der Waals surface area contributed by atoms with E-state index in [4.69, 9.17) is 5.73 Å². The Bertz CT molecular complexity index is 310. The SMILES string of the molecule is COC(=O)NCCCCCCNC(=O)CNC(=O)CN. The Balaban J connectivity index is 3.29. The first kappa shape index (κ1) is 18.2. The number of ether oxygens (including phenoxy) is 1. The van der Waals surface area contributed by atoms with E-state index in [2.05, 4.69) is 20.7 Å². The zero-order valence-corrected chi connectivity index (χ0v) is 11.9. The Morgan fingerprint density at radius 1 is 0.900 bits per heavy atom. The number of methoxy groups -OCH3 is 1. The number of rotatable bonds is 10. The van der Waals surface area contributed by atoms with Crippen LogP contribution in [0.4, 0.5) is 4.79 Å². The van der Waals surface area contributed by atoms with Crippen LogP contribution >= 0.6 is 0 Å². The molecular weight excluding hydrogens is 264 g/mol. The van der Waals surface area contributed by atoms with E-state index in [-0.39, 0.29) is 24.9 Å². The monoisotopic (exact) mass is 288 g/mol. The Morgan fingerprint density at radius 3 is 2.05 bits per heavy atom. The van der Waals surface area contributed by atoms with Crippen molar-refractivity contribution in [2.75, 3.05) is 33.3 Å². The summed E-state index contributed by atoms with van der Waals surface area (Å²) in [4.78, 5) is 32.8. The summed E-state index contributed by atoms with van der Waals surface area (Å²) >= 11 is 0. The maximum Gasteiger partial charge on any atom is 0.406 e. The minimum Gasteiger partial charge on any atom is -0.453 e. The lowest BCUT2D eigenvalue weighted by Gasteiger charge is -2.06. The number of nitrogens with two attached hydrogens (primary N) is 1. The molecule has 0 heterocycles. The van der Waals surface area contributed by atoms with Crippen LogP contribution in [0, 0.1) is 0 Å². The zero-order valence-electron chi connectivity index (χ0n) is 11.9. The van der Waals surface area contributed by atoms with E-state index in [9.17, 15) is 14.4 Å². The van der Waals surface area contributed by atoms with E-state index < -0.39 is 6.09 Å². The number of carbonyl (C=O) groups is 3. The molecule has 0 rings (SSSR count). The van der Waals surface area contributed by atoms with E-state index >= 15 is 0 Å². The maximum atomic E-state index is 11.3. The molecule has 0 spiro atoms. The average molecular weight is 288 g/mol. The highest BCUT2D eigenvalue weighted by Gasteiger charge is 2.02. The largest absolute Gasteiger partial charge is 0.453 e. The molecule has 0 unspecified atom stereocenters. The lowest BCUT2D eigenvalue weighted by Crippen LogP contribution is -2.39. The lowest BCUT2D eigenvalue weighted by molar-refractivity contribution is -0.125. The number of unbranched alkanes of at least 4 members (excludes halogenated alkanes) is 3. The quantitative estimate of drug-likeness (QED) is 0.388. The van der Waals surface area contributed by atoms with Gasteiger partial charge in [0.25, 0.3) is 0 Å². The molecule has 0 bridgehead atoms. The van der Waals surface area contributed by atoms with Gasteiger partial charge in [0.05, 0.1) is 20.2 Å². The molecule has 0 fully saturated rings. The summed E-state index contributed by atoms with van der Waals surface area (Å²) in [5.74, 6) is -0.572. The van der Waals surface area contributed by atoms with Crippen LogP contribution in [-0.4, -0.2) is 51.2 Å². The molecule has 8 nitrogen and oxygen atoms in total. The topological polar surface area (TPSA) is 123 Å². The number of hydrogen-bond donors (Lipinski definition) is 4. The summed E-state index contributed by atoms with van der Waals surface area (Å²) in [6.07, 6.45) is 3.23. The summed E-state index contributed by atoms with van der Waals surface area (Å²) in [5.41, 5.74) is 5.09. The van der Waals surface area contributed by atoms with Gasteiger partial charge in [0, 0.05) is 13.1 Å². The molecule has 0 aliphatic heterocycles. The fraction of sp³-hybridized carbons (Fsp3) is 0.750. The van der Waals surface area contributed by atoms with Gasteiger partial charge in [-0.25, -0.2) is 4.79 Å². The minimum atomic E-state index is -0.420. The maximum absolute atomic E-state index is 11.3. The van der Waals surface area contributed by atoms with Crippen LogP contribution in [0.5, 0.6) is 0 Å². The molecule has 0 aromatic carbocycles. The van der Waals surface area contributed by atoms with Crippen molar-refractivity contribution in [3.63, 3.8) is 0 Å². The van der Waals surface area contributed by atoms with Crippen molar-refractivity contribution in [1.29, 1.82) is 0 Å². The average Bonchev–Trinajstić information content (AvgIpc) is 2.46. The Hall–Kier alpha value is -1.83. The second kappa shape index (κ2) is 12.2. The second-order valence-corrected chi connectivity index (χ2v) is 4.16. The van der Waals surface area contributed by atoms with Crippen LogP contribution in [0.3, 0.4) is 0 Å². The van der Waals surface area contributed by atoms with Gasteiger partial charge in [0.15, 0.2) is 0 Å². The first-order valence-electron chi connectivity index (χ1n) is 6.65. The van der Waals surface area contributed by atoms with Gasteiger partial charge < -0.3 is 26.4 Å². The van der Waals surface area contributed by atoms with E-state index in [0.717, 1.165) is 25.7 Å². The third-order valence-corrected chi connectivity index (χ3v) is 2.51. The Morgan fingerprint density at radius 2 is 1.50 bits per heavy atom. The summed E-state index contributed by atoms with van der Waals surface area (Å²) < 4.78 is 4.43. The number of alkyl carbamates (subject to hydrolysis) is 1. The second-order valence-electron chi connectivity index (χ2n) is 4.16. The van der Waals surface area contributed by atoms with Crippen LogP contribution in [0.1, 0.15) is 25.7 Å². The van der Waals surface area contributed by atoms with Crippen molar-refractivity contribution in [3.05, 3.63) is 0 Å². The Labute approximate surface area is 118 Å². The van der Waals surface area contributed by atoms with E-state index in [0.29, 0.717) is 13.1 Å². The third-order valence-electron chi connectivity index (χ3n) is 2.51. The van der Waals surface area contributed by atoms with Crippen LogP contribution in [-0.2, 0) is 14.3 Å². The molecule has 0 aliphatic carbocycles. The predicted octanol–water partition coefficient (Wildman–Crippen LogP) is -0.906. The van der Waals surface area contributed by atoms with E-state index in [1.165, 1.54) is 7.11 Å². The highest BCUT2D eigenvalue weighted by atomic mass is 16.5. The number of amides is 3. The fourth-order valence-electron chi connectivity index (χ4n) is 1.41. The first-order chi connectivity index (χ1) is 9.60. The van der Waals surface area contributed by atoms with Crippen LogP contribution in [0.25, 0.3) is 0 Å². The van der Waals surface area contributed by atoms with Gasteiger partial charge in [-0.05, 0) is 12.8 Å². The summed E-state index contributed by atoms with van der Waals surface area (Å²) in [6, 6.07) is 0. The molecule has 0 aliphatic rings. The third kappa shape index (κ3) is 11.3. The molecule has 0 saturated carbocycles. The smallest absolute Gasteiger partial charge is 0.406 e. The van der Waals surface area contributed by atoms with E-state index in [1.807, 2.05) is 0 Å². The van der Waals surface area contributed by atoms with Crippen LogP contribution in [0.15, 0.2) is 0 Å². The van der Waals surface area contributed by atoms with Crippen molar-refractivity contribution >= 4 is 17.9 Å². The van der Waals surface area contributed by atoms with Gasteiger partial charge in [-0.3, -0.25) is 9.59 Å². The number of hydrogen-bond acceptors (Lipinski definition) is 5. The first-order valence-corrected chi connectivity index (χ1v) is 6.65. The molecule has 116 valence electrons. The molecule has 3 amide bonds. The van der Waals surface area contributed by atoms with Crippen molar-refractivity contribution in [1.82, 2.24) is 16.0 Å². The van der Waals surface area contributed by atoms with Crippen molar-refractivity contribution in [2.45, 2.75) is 25.7 Å². The van der Waals surface area contributed by atoms with E-state index in [1.54, 1.807) is 0 Å². The molecule has 0 atom stereocenters. The van der Waals surface area contributed by atoms with Gasteiger partial charge in [0.1, 0.15) is 0 Å². The van der Waals surface area contributed by atoms with Crippen molar-refractivity contribution < 1.29 is 19.1 Å². The van der Waals surface area contributed by atoms with Gasteiger partial charge in [0.2, 0.25) is 11.8 Å². The predicted molar refractivity (Wildman–Crippen MR) is 73.9 cm³/mol. The normalized spacial score (nSPS) is 9.70. The highest BCUT2D eigenvalue weighted by molar-refractivity contribution is 5.85. The highest BCUT2D eigenvalue weighted by Crippen LogP contribution is 1.97. The van der Waals surface area contributed by atoms with Gasteiger partial charge >= 0.3 is 6.09 Å². The van der Waals surface area contributed by atoms with Gasteiger partial charge in [-0.1, -0.05) is 12.8 Å². The molecule has 8 heteroatoms. The summed E-state index contributed by atoms with van der Waals surface area (Å²) in [6.45, 7) is 0.998. The molecule has 0 radical (unpaired) electrons. The lowest BCUT2D eigenvalue weighted by atomic mass is 10.2. The molecular formula is C12H24N4O4.